The van der Waals surface area contributed by atoms with E-state index in [1.807, 2.05) is 0 Å². The van der Waals surface area contributed by atoms with Crippen LogP contribution in [0.5, 0.6) is 0 Å². The fourth-order valence-corrected chi connectivity index (χ4v) is 3.43. The minimum atomic E-state index is 0.920. The van der Waals surface area contributed by atoms with Crippen LogP contribution in [-0.2, 0) is 6.42 Å². The number of rotatable bonds is 3. The molecule has 82 valence electrons. The molecule has 0 aromatic heterocycles. The first-order valence-electron chi connectivity index (χ1n) is 6.72. The summed E-state index contributed by atoms with van der Waals surface area (Å²) in [5, 5.41) is 0. The summed E-state index contributed by atoms with van der Waals surface area (Å²) < 4.78 is 0. The fourth-order valence-electron chi connectivity index (χ4n) is 3.43. The van der Waals surface area contributed by atoms with E-state index in [0.29, 0.717) is 0 Å². The molecule has 0 bridgehead atoms. The minimum Gasteiger partial charge on any atom is -0.0760 e. The van der Waals surface area contributed by atoms with Gasteiger partial charge in [-0.25, -0.2) is 0 Å². The molecule has 3 aliphatic rings. The fraction of sp³-hybridized carbons (Fsp3) is 0.500. The Morgan fingerprint density at radius 1 is 0.938 bits per heavy atom. The van der Waals surface area contributed by atoms with Crippen molar-refractivity contribution in [3.8, 4) is 0 Å². The molecule has 0 heterocycles. The summed E-state index contributed by atoms with van der Waals surface area (Å²) in [5.74, 6) is 2.98. The molecule has 4 rings (SSSR count). The highest BCUT2D eigenvalue weighted by Crippen LogP contribution is 2.55. The van der Waals surface area contributed by atoms with E-state index in [9.17, 15) is 0 Å². The van der Waals surface area contributed by atoms with Crippen molar-refractivity contribution in [2.75, 3.05) is 0 Å². The van der Waals surface area contributed by atoms with Crippen LogP contribution in [0, 0.1) is 17.8 Å². The van der Waals surface area contributed by atoms with Gasteiger partial charge >= 0.3 is 0 Å². The summed E-state index contributed by atoms with van der Waals surface area (Å²) in [6, 6.07) is 9.02. The SMILES string of the molecule is C1=C(C(C2CC2)C2CC2)c2ccccc2C1. The number of hydrogen-bond donors (Lipinski definition) is 0. The van der Waals surface area contributed by atoms with Crippen LogP contribution in [0.25, 0.3) is 5.57 Å². The Hall–Kier alpha value is -1.04. The van der Waals surface area contributed by atoms with Crippen molar-refractivity contribution >= 4 is 5.57 Å². The van der Waals surface area contributed by atoms with Gasteiger partial charge in [0.2, 0.25) is 0 Å². The van der Waals surface area contributed by atoms with Crippen LogP contribution in [0.15, 0.2) is 30.3 Å². The molecule has 2 saturated carbocycles. The second-order valence-electron chi connectivity index (χ2n) is 5.72. The lowest BCUT2D eigenvalue weighted by Crippen LogP contribution is -2.07. The highest BCUT2D eigenvalue weighted by atomic mass is 14.5. The number of fused-ring (bicyclic) bond motifs is 1. The van der Waals surface area contributed by atoms with Gasteiger partial charge in [0.1, 0.15) is 0 Å². The van der Waals surface area contributed by atoms with Crippen molar-refractivity contribution in [3.63, 3.8) is 0 Å². The van der Waals surface area contributed by atoms with Crippen LogP contribution < -0.4 is 0 Å². The maximum atomic E-state index is 2.52. The molecule has 1 aromatic rings. The van der Waals surface area contributed by atoms with Gasteiger partial charge in [0, 0.05) is 0 Å². The average molecular weight is 210 g/mol. The van der Waals surface area contributed by atoms with E-state index in [1.54, 1.807) is 16.7 Å². The normalized spacial score (nSPS) is 23.4. The lowest BCUT2D eigenvalue weighted by Gasteiger charge is -2.18. The van der Waals surface area contributed by atoms with Crippen LogP contribution in [0.2, 0.25) is 0 Å². The van der Waals surface area contributed by atoms with Gasteiger partial charge in [-0.1, -0.05) is 30.3 Å². The van der Waals surface area contributed by atoms with Crippen molar-refractivity contribution in [2.24, 2.45) is 17.8 Å². The Kier molecular flexibility index (Phi) is 1.82. The molecule has 16 heavy (non-hydrogen) atoms. The van der Waals surface area contributed by atoms with Gasteiger partial charge < -0.3 is 0 Å². The van der Waals surface area contributed by atoms with E-state index in [-0.39, 0.29) is 0 Å². The number of benzene rings is 1. The molecule has 0 spiro atoms. The zero-order valence-corrected chi connectivity index (χ0v) is 9.65. The standard InChI is InChI=1S/C16H18/c1-2-4-14-11(3-1)9-10-15(14)16(12-5-6-12)13-7-8-13/h1-4,10,12-13,16H,5-9H2. The van der Waals surface area contributed by atoms with Crippen molar-refractivity contribution in [1.29, 1.82) is 0 Å². The zero-order chi connectivity index (χ0) is 10.5. The maximum absolute atomic E-state index is 2.52. The zero-order valence-electron chi connectivity index (χ0n) is 9.65. The van der Waals surface area contributed by atoms with Gasteiger partial charge in [-0.15, -0.1) is 0 Å². The molecule has 1 aromatic carbocycles. The molecule has 0 aliphatic heterocycles. The monoisotopic (exact) mass is 210 g/mol. The highest BCUT2D eigenvalue weighted by molar-refractivity contribution is 5.75. The maximum Gasteiger partial charge on any atom is -0.00853 e. The summed E-state index contributed by atoms with van der Waals surface area (Å²) in [5.41, 5.74) is 4.84. The Balaban J connectivity index is 1.72. The Bertz CT molecular complexity index is 435. The van der Waals surface area contributed by atoms with Crippen molar-refractivity contribution in [2.45, 2.75) is 32.1 Å². The van der Waals surface area contributed by atoms with Gasteiger partial charge in [0.25, 0.3) is 0 Å². The molecule has 0 nitrogen and oxygen atoms in total. The second-order valence-corrected chi connectivity index (χ2v) is 5.72. The predicted octanol–water partition coefficient (Wildman–Crippen LogP) is 4.06. The summed E-state index contributed by atoms with van der Waals surface area (Å²) >= 11 is 0. The minimum absolute atomic E-state index is 0.920. The van der Waals surface area contributed by atoms with Crippen LogP contribution in [0.1, 0.15) is 36.8 Å². The topological polar surface area (TPSA) is 0 Å². The molecule has 0 amide bonds. The summed E-state index contributed by atoms with van der Waals surface area (Å²) in [4.78, 5) is 0. The lowest BCUT2D eigenvalue weighted by molar-refractivity contribution is 0.518. The van der Waals surface area contributed by atoms with Gasteiger partial charge in [-0.2, -0.15) is 0 Å². The van der Waals surface area contributed by atoms with Crippen LogP contribution in [-0.4, -0.2) is 0 Å². The van der Waals surface area contributed by atoms with E-state index >= 15 is 0 Å². The van der Waals surface area contributed by atoms with Gasteiger partial charge in [0.05, 0.1) is 0 Å². The third-order valence-corrected chi connectivity index (χ3v) is 4.49. The van der Waals surface area contributed by atoms with E-state index in [4.69, 9.17) is 0 Å². The third-order valence-electron chi connectivity index (χ3n) is 4.49. The first-order chi connectivity index (χ1) is 7.93. The summed E-state index contributed by atoms with van der Waals surface area (Å²) in [6.45, 7) is 0. The Morgan fingerprint density at radius 2 is 1.62 bits per heavy atom. The van der Waals surface area contributed by atoms with Gasteiger partial charge in [-0.05, 0) is 66.6 Å². The first-order valence-corrected chi connectivity index (χ1v) is 6.72. The van der Waals surface area contributed by atoms with Crippen LogP contribution in [0.4, 0.5) is 0 Å². The quantitative estimate of drug-likeness (QED) is 0.705. The van der Waals surface area contributed by atoms with Crippen LogP contribution >= 0.6 is 0 Å². The number of hydrogen-bond acceptors (Lipinski definition) is 0. The molecule has 0 N–H and O–H groups in total. The van der Waals surface area contributed by atoms with E-state index < -0.39 is 0 Å². The molecule has 0 heteroatoms. The number of allylic oxidation sites excluding steroid dienone is 2. The van der Waals surface area contributed by atoms with E-state index in [0.717, 1.165) is 17.8 Å². The predicted molar refractivity (Wildman–Crippen MR) is 67.1 cm³/mol. The lowest BCUT2D eigenvalue weighted by atomic mass is 9.86. The molecule has 0 saturated heterocycles. The smallest absolute Gasteiger partial charge is 0.00853 e. The molecule has 2 fully saturated rings. The van der Waals surface area contributed by atoms with Gasteiger partial charge in [-0.3, -0.25) is 0 Å². The molecule has 0 radical (unpaired) electrons. The van der Waals surface area contributed by atoms with E-state index in [1.165, 1.54) is 32.1 Å². The van der Waals surface area contributed by atoms with Crippen molar-refractivity contribution in [1.82, 2.24) is 0 Å². The summed E-state index contributed by atoms with van der Waals surface area (Å²) in [6.07, 6.45) is 9.65. The van der Waals surface area contributed by atoms with Crippen molar-refractivity contribution < 1.29 is 0 Å². The first kappa shape index (κ1) is 9.04. The van der Waals surface area contributed by atoms with Crippen LogP contribution in [0.3, 0.4) is 0 Å². The summed E-state index contributed by atoms with van der Waals surface area (Å²) in [7, 11) is 0. The molecular formula is C16H18. The highest BCUT2D eigenvalue weighted by Gasteiger charge is 2.44. The second kappa shape index (κ2) is 3.23. The molecule has 0 atom stereocenters. The van der Waals surface area contributed by atoms with Gasteiger partial charge in [0.15, 0.2) is 0 Å². The van der Waals surface area contributed by atoms with E-state index in [2.05, 4.69) is 30.3 Å². The molecule has 3 aliphatic carbocycles. The van der Waals surface area contributed by atoms with Crippen molar-refractivity contribution in [3.05, 3.63) is 41.5 Å². The molecular weight excluding hydrogens is 192 g/mol. The largest absolute Gasteiger partial charge is 0.0760 e. The Morgan fingerprint density at radius 3 is 2.31 bits per heavy atom. The third kappa shape index (κ3) is 1.36. The average Bonchev–Trinajstić information content (AvgIpc) is 3.19. The Labute approximate surface area is 97.4 Å². The molecule has 0 unspecified atom stereocenters.